The van der Waals surface area contributed by atoms with Gasteiger partial charge in [0.1, 0.15) is 35.2 Å². The van der Waals surface area contributed by atoms with E-state index in [0.717, 1.165) is 67.2 Å². The second kappa shape index (κ2) is 19.1. The van der Waals surface area contributed by atoms with Crippen molar-refractivity contribution in [3.8, 4) is 45.3 Å². The van der Waals surface area contributed by atoms with Crippen LogP contribution in [0.5, 0.6) is 11.6 Å². The SMILES string of the molecule is COC(=O)N[C@H]1COCCCCOc2cc(-c3ccc(-c4nc5[nH]c4OCCCCC[C@H](NC(=O)OC)C(=O)N4CCC[C@@H]54)cc3)ccc2-c2c[nH]c(n2)[C@@H]2CCCN2C1=O. The minimum Gasteiger partial charge on any atom is -0.493 e. The van der Waals surface area contributed by atoms with Gasteiger partial charge in [-0.2, -0.15) is 0 Å². The van der Waals surface area contributed by atoms with Gasteiger partial charge in [-0.3, -0.25) is 9.59 Å². The summed E-state index contributed by atoms with van der Waals surface area (Å²) in [5.74, 6) is 2.22. The molecule has 4 N–H and O–H groups in total. The van der Waals surface area contributed by atoms with Crippen LogP contribution in [0.1, 0.15) is 87.9 Å². The molecule has 4 amide bonds. The zero-order valence-electron chi connectivity index (χ0n) is 34.7. The molecule has 324 valence electrons. The van der Waals surface area contributed by atoms with Crippen molar-refractivity contribution in [3.05, 3.63) is 60.3 Å². The van der Waals surface area contributed by atoms with Gasteiger partial charge in [-0.15, -0.1) is 0 Å². The molecular weight excluding hydrogens is 785 g/mol. The Morgan fingerprint density at radius 3 is 2.10 bits per heavy atom. The van der Waals surface area contributed by atoms with Crippen molar-refractivity contribution in [2.75, 3.05) is 53.7 Å². The second-order valence-corrected chi connectivity index (χ2v) is 15.8. The highest BCUT2D eigenvalue weighted by molar-refractivity contribution is 5.87. The Hall–Kier alpha value is -6.10. The summed E-state index contributed by atoms with van der Waals surface area (Å²) >= 11 is 0. The number of ether oxygens (including phenoxy) is 5. The molecular formula is C44H54N8O9. The predicted octanol–water partition coefficient (Wildman–Crippen LogP) is 6.05. The van der Waals surface area contributed by atoms with Crippen LogP contribution in [0, 0.1) is 0 Å². The van der Waals surface area contributed by atoms with E-state index in [-0.39, 0.29) is 30.5 Å². The molecule has 4 aliphatic heterocycles. The number of rotatable bonds is 4. The number of alkyl carbamates (subject to hydrolysis) is 2. The summed E-state index contributed by atoms with van der Waals surface area (Å²) in [7, 11) is 2.57. The predicted molar refractivity (Wildman–Crippen MR) is 223 cm³/mol. The van der Waals surface area contributed by atoms with Gasteiger partial charge in [-0.05, 0) is 81.0 Å². The molecule has 0 unspecified atom stereocenters. The highest BCUT2D eigenvalue weighted by Crippen LogP contribution is 2.39. The molecule has 4 bridgehead atoms. The maximum atomic E-state index is 13.8. The highest BCUT2D eigenvalue weighted by atomic mass is 16.5. The Morgan fingerprint density at radius 1 is 0.705 bits per heavy atom. The maximum Gasteiger partial charge on any atom is 0.407 e. The molecule has 2 saturated heterocycles. The van der Waals surface area contributed by atoms with Gasteiger partial charge >= 0.3 is 12.2 Å². The molecule has 17 heteroatoms. The molecule has 0 radical (unpaired) electrons. The van der Waals surface area contributed by atoms with E-state index in [2.05, 4.69) is 32.7 Å². The minimum absolute atomic E-state index is 0.0280. The van der Waals surface area contributed by atoms with Gasteiger partial charge in [0.2, 0.25) is 17.7 Å². The first-order chi connectivity index (χ1) is 29.8. The molecule has 61 heavy (non-hydrogen) atoms. The summed E-state index contributed by atoms with van der Waals surface area (Å²) in [4.78, 5) is 72.2. The van der Waals surface area contributed by atoms with Gasteiger partial charge in [0, 0.05) is 37.0 Å². The first-order valence-electron chi connectivity index (χ1n) is 21.3. The Kier molecular flexibility index (Phi) is 13.0. The van der Waals surface area contributed by atoms with E-state index in [1.54, 1.807) is 4.90 Å². The van der Waals surface area contributed by atoms with Gasteiger partial charge in [0.15, 0.2) is 0 Å². The normalized spacial score (nSPS) is 22.5. The number of hydrogen-bond donors (Lipinski definition) is 4. The third-order valence-corrected chi connectivity index (χ3v) is 11.9. The standard InChI is InChI=1S/C44H54N8O9/c1-57-43(55)47-31-10-4-3-5-23-61-40-37(49-39(50-40)35-12-9-20-52(35)41(31)53)28-15-13-27(14-16-28)29-17-18-30-32-25-45-38(46-32)34-11-8-19-51(34)42(54)33(48-44(56)58-2)26-59-21-6-7-22-60-36(30)24-29/h13-18,24-25,31,33-35H,3-12,19-23,26H2,1-2H3,(H,45,46)(H,47,55)(H,48,56)(H,49,50)/t31-,33-,34-,35-/m0/s1. The van der Waals surface area contributed by atoms with Gasteiger partial charge in [-0.25, -0.2) is 19.6 Å². The van der Waals surface area contributed by atoms with Crippen molar-refractivity contribution in [1.82, 2.24) is 40.4 Å². The maximum absolute atomic E-state index is 13.8. The fourth-order valence-electron chi connectivity index (χ4n) is 8.69. The van der Waals surface area contributed by atoms with Crippen LogP contribution in [0.2, 0.25) is 0 Å². The van der Waals surface area contributed by atoms with Crippen molar-refractivity contribution in [3.63, 3.8) is 0 Å². The van der Waals surface area contributed by atoms with Crippen LogP contribution in [-0.4, -0.2) is 120 Å². The van der Waals surface area contributed by atoms with Crippen molar-refractivity contribution in [2.45, 2.75) is 88.4 Å². The zero-order valence-corrected chi connectivity index (χ0v) is 34.7. The average molecular weight is 839 g/mol. The topological polar surface area (TPSA) is 202 Å². The highest BCUT2D eigenvalue weighted by Gasteiger charge is 2.38. The first-order valence-corrected chi connectivity index (χ1v) is 21.3. The lowest BCUT2D eigenvalue weighted by atomic mass is 10.00. The number of methoxy groups -OCH3 is 2. The molecule has 0 aliphatic carbocycles. The third kappa shape index (κ3) is 9.31. The zero-order chi connectivity index (χ0) is 42.3. The third-order valence-electron chi connectivity index (χ3n) is 11.9. The molecule has 17 nitrogen and oxygen atoms in total. The summed E-state index contributed by atoms with van der Waals surface area (Å²) in [6.07, 6.45) is 7.92. The fraction of sp³-hybridized carbons (Fsp3) is 0.500. The Bertz CT molecular complexity index is 2190. The van der Waals surface area contributed by atoms with E-state index >= 15 is 0 Å². The number of nitrogens with zero attached hydrogens (tertiary/aromatic N) is 4. The van der Waals surface area contributed by atoms with Crippen LogP contribution in [-0.2, 0) is 23.8 Å². The van der Waals surface area contributed by atoms with Gasteiger partial charge in [0.05, 0.1) is 51.8 Å². The quantitative estimate of drug-likeness (QED) is 0.186. The van der Waals surface area contributed by atoms with Crippen LogP contribution in [0.25, 0.3) is 33.6 Å². The summed E-state index contributed by atoms with van der Waals surface area (Å²) in [5.41, 5.74) is 5.01. The number of carbonyl (C=O) groups is 4. The summed E-state index contributed by atoms with van der Waals surface area (Å²) in [5, 5.41) is 5.40. The van der Waals surface area contributed by atoms with Crippen molar-refractivity contribution in [1.29, 1.82) is 0 Å². The van der Waals surface area contributed by atoms with E-state index in [9.17, 15) is 19.2 Å². The molecule has 8 rings (SSSR count). The number of H-pyrrole nitrogens is 2. The number of imidazole rings is 2. The van der Waals surface area contributed by atoms with Gasteiger partial charge in [0.25, 0.3) is 0 Å². The lowest BCUT2D eigenvalue weighted by molar-refractivity contribution is -0.136. The smallest absolute Gasteiger partial charge is 0.407 e. The van der Waals surface area contributed by atoms with Crippen LogP contribution < -0.4 is 20.1 Å². The number of aromatic nitrogens is 4. The fourth-order valence-corrected chi connectivity index (χ4v) is 8.69. The molecule has 2 aromatic heterocycles. The number of hydrogen-bond acceptors (Lipinski definition) is 11. The molecule has 6 heterocycles. The van der Waals surface area contributed by atoms with Crippen LogP contribution in [0.4, 0.5) is 9.59 Å². The van der Waals surface area contributed by atoms with Crippen LogP contribution in [0.15, 0.2) is 48.7 Å². The average Bonchev–Trinajstić information content (AvgIpc) is 4.12. The van der Waals surface area contributed by atoms with E-state index in [4.69, 9.17) is 33.7 Å². The molecule has 4 atom stereocenters. The number of amides is 4. The van der Waals surface area contributed by atoms with Gasteiger partial charge < -0.3 is 54.1 Å². The largest absolute Gasteiger partial charge is 0.493 e. The van der Waals surface area contributed by atoms with Crippen molar-refractivity contribution >= 4 is 24.0 Å². The number of fused-ring (bicyclic) bond motifs is 10. The molecule has 0 spiro atoms. The summed E-state index contributed by atoms with van der Waals surface area (Å²) in [6.45, 7) is 2.45. The van der Waals surface area contributed by atoms with Crippen molar-refractivity contribution < 1.29 is 42.9 Å². The van der Waals surface area contributed by atoms with Crippen LogP contribution >= 0.6 is 0 Å². The molecule has 2 aromatic carbocycles. The Morgan fingerprint density at radius 2 is 1.34 bits per heavy atom. The van der Waals surface area contributed by atoms with E-state index in [1.807, 2.05) is 41.4 Å². The number of aromatic amines is 2. The molecule has 4 aliphatic rings. The van der Waals surface area contributed by atoms with Crippen LogP contribution in [0.3, 0.4) is 0 Å². The van der Waals surface area contributed by atoms with Gasteiger partial charge in [-0.1, -0.05) is 36.8 Å². The molecule has 4 aromatic rings. The van der Waals surface area contributed by atoms with E-state index in [1.165, 1.54) is 14.2 Å². The Labute approximate surface area is 354 Å². The minimum atomic E-state index is -0.881. The lowest BCUT2D eigenvalue weighted by Gasteiger charge is -2.28. The molecule has 0 saturated carbocycles. The first kappa shape index (κ1) is 41.6. The number of benzene rings is 2. The van der Waals surface area contributed by atoms with E-state index < -0.39 is 24.3 Å². The number of nitrogens with one attached hydrogen (secondary N) is 4. The molecule has 2 fully saturated rings. The van der Waals surface area contributed by atoms with E-state index in [0.29, 0.717) is 86.8 Å². The summed E-state index contributed by atoms with van der Waals surface area (Å²) in [6, 6.07) is 12.1. The second-order valence-electron chi connectivity index (χ2n) is 15.8. The monoisotopic (exact) mass is 838 g/mol. The lowest BCUT2D eigenvalue weighted by Crippen LogP contribution is -2.50. The summed E-state index contributed by atoms with van der Waals surface area (Å²) < 4.78 is 28.3. The number of carbonyl (C=O) groups excluding carboxylic acids is 4. The van der Waals surface area contributed by atoms with Crippen molar-refractivity contribution in [2.24, 2.45) is 0 Å². The Balaban J connectivity index is 1.04.